The van der Waals surface area contributed by atoms with E-state index in [1.807, 2.05) is 30.1 Å². The van der Waals surface area contributed by atoms with Gasteiger partial charge >= 0.3 is 6.18 Å². The van der Waals surface area contributed by atoms with Gasteiger partial charge in [-0.05, 0) is 32.4 Å². The van der Waals surface area contributed by atoms with Crippen molar-refractivity contribution in [1.29, 1.82) is 0 Å². The van der Waals surface area contributed by atoms with E-state index in [4.69, 9.17) is 0 Å². The molecule has 0 aliphatic carbocycles. The number of rotatable bonds is 5. The van der Waals surface area contributed by atoms with E-state index >= 15 is 0 Å². The monoisotopic (exact) mass is 342 g/mol. The van der Waals surface area contributed by atoms with Gasteiger partial charge in [-0.2, -0.15) is 18.3 Å². The first kappa shape index (κ1) is 18.1. The molecule has 0 aliphatic rings. The highest BCUT2D eigenvalue weighted by atomic mass is 19.4. The van der Waals surface area contributed by atoms with Gasteiger partial charge in [0.2, 0.25) is 5.91 Å². The summed E-state index contributed by atoms with van der Waals surface area (Å²) in [6.07, 6.45) is -0.581. The maximum Gasteiger partial charge on any atom is 0.408 e. The SMILES string of the molecule is Cc1nn(CC(F)(F)F)c(C)c1[C@H](C)C(=O)NCc1ccn(C)c1. The number of carbonyl (C=O) groups is 1. The Morgan fingerprint density at radius 2 is 2.04 bits per heavy atom. The zero-order valence-corrected chi connectivity index (χ0v) is 14.1. The van der Waals surface area contributed by atoms with E-state index in [9.17, 15) is 18.0 Å². The first-order valence-corrected chi connectivity index (χ1v) is 7.57. The molecule has 1 N–H and O–H groups in total. The number of nitrogens with zero attached hydrogens (tertiary/aromatic N) is 3. The van der Waals surface area contributed by atoms with Gasteiger partial charge < -0.3 is 9.88 Å². The van der Waals surface area contributed by atoms with Gasteiger partial charge in [-0.1, -0.05) is 0 Å². The van der Waals surface area contributed by atoms with Crippen molar-refractivity contribution in [1.82, 2.24) is 19.7 Å². The first-order chi connectivity index (χ1) is 11.1. The van der Waals surface area contributed by atoms with Crippen molar-refractivity contribution in [3.63, 3.8) is 0 Å². The molecule has 0 aromatic carbocycles. The fourth-order valence-corrected chi connectivity index (χ4v) is 2.80. The minimum Gasteiger partial charge on any atom is -0.357 e. The first-order valence-electron chi connectivity index (χ1n) is 7.57. The van der Waals surface area contributed by atoms with E-state index in [1.165, 1.54) is 0 Å². The molecule has 1 amide bonds. The van der Waals surface area contributed by atoms with Crippen LogP contribution in [-0.4, -0.2) is 26.4 Å². The van der Waals surface area contributed by atoms with E-state index in [2.05, 4.69) is 10.4 Å². The van der Waals surface area contributed by atoms with Crippen LogP contribution in [0.15, 0.2) is 18.5 Å². The number of hydrogen-bond donors (Lipinski definition) is 1. The average molecular weight is 342 g/mol. The maximum atomic E-state index is 12.6. The summed E-state index contributed by atoms with van der Waals surface area (Å²) in [6.45, 7) is 4.07. The largest absolute Gasteiger partial charge is 0.408 e. The second-order valence-corrected chi connectivity index (χ2v) is 5.98. The number of carbonyl (C=O) groups excluding carboxylic acids is 1. The van der Waals surface area contributed by atoms with Crippen molar-refractivity contribution in [3.8, 4) is 0 Å². The summed E-state index contributed by atoms with van der Waals surface area (Å²) in [4.78, 5) is 12.3. The van der Waals surface area contributed by atoms with E-state index in [1.54, 1.807) is 20.8 Å². The number of hydrogen-bond acceptors (Lipinski definition) is 2. The van der Waals surface area contributed by atoms with Crippen LogP contribution in [0.25, 0.3) is 0 Å². The third kappa shape index (κ3) is 4.18. The van der Waals surface area contributed by atoms with Gasteiger partial charge in [0.05, 0.1) is 11.6 Å². The van der Waals surface area contributed by atoms with Crippen LogP contribution >= 0.6 is 0 Å². The van der Waals surface area contributed by atoms with Gasteiger partial charge in [0.15, 0.2) is 0 Å². The normalized spacial score (nSPS) is 13.1. The summed E-state index contributed by atoms with van der Waals surface area (Å²) in [5.41, 5.74) is 2.32. The van der Waals surface area contributed by atoms with Crippen LogP contribution in [-0.2, 0) is 24.9 Å². The van der Waals surface area contributed by atoms with Gasteiger partial charge in [0, 0.05) is 37.2 Å². The lowest BCUT2D eigenvalue weighted by Crippen LogP contribution is -2.28. The smallest absolute Gasteiger partial charge is 0.357 e. The summed E-state index contributed by atoms with van der Waals surface area (Å²) >= 11 is 0. The molecule has 0 spiro atoms. The molecular formula is C16H21F3N4O. The lowest BCUT2D eigenvalue weighted by Gasteiger charge is -2.13. The highest BCUT2D eigenvalue weighted by Crippen LogP contribution is 2.26. The van der Waals surface area contributed by atoms with E-state index < -0.39 is 18.6 Å². The van der Waals surface area contributed by atoms with Crippen LogP contribution in [0.3, 0.4) is 0 Å². The fourth-order valence-electron chi connectivity index (χ4n) is 2.80. The molecular weight excluding hydrogens is 321 g/mol. The molecule has 0 radical (unpaired) electrons. The zero-order valence-electron chi connectivity index (χ0n) is 14.1. The highest BCUT2D eigenvalue weighted by Gasteiger charge is 2.31. The number of aryl methyl sites for hydroxylation is 2. The average Bonchev–Trinajstić information content (AvgIpc) is 2.98. The van der Waals surface area contributed by atoms with Gasteiger partial charge in [-0.25, -0.2) is 0 Å². The molecule has 0 bridgehead atoms. The lowest BCUT2D eigenvalue weighted by molar-refractivity contribution is -0.143. The number of nitrogens with one attached hydrogen (secondary N) is 1. The standard InChI is InChI=1S/C16H21F3N4O/c1-10(15(24)20-7-13-5-6-22(4)8-13)14-11(2)21-23(12(14)3)9-16(17,18)19/h5-6,8,10H,7,9H2,1-4H3,(H,20,24)/t10-/m0/s1. The van der Waals surface area contributed by atoms with Gasteiger partial charge in [-0.3, -0.25) is 9.48 Å². The zero-order chi connectivity index (χ0) is 18.1. The second kappa shape index (κ2) is 6.70. The van der Waals surface area contributed by atoms with E-state index in [0.29, 0.717) is 23.5 Å². The molecule has 2 aromatic rings. The fraction of sp³-hybridized carbons (Fsp3) is 0.500. The molecule has 0 fully saturated rings. The molecule has 2 heterocycles. The number of alkyl halides is 3. The van der Waals surface area contributed by atoms with Crippen LogP contribution in [0.5, 0.6) is 0 Å². The van der Waals surface area contributed by atoms with Crippen LogP contribution in [0.4, 0.5) is 13.2 Å². The van der Waals surface area contributed by atoms with Gasteiger partial charge in [0.1, 0.15) is 6.54 Å². The Kier molecular flexibility index (Phi) is 5.05. The summed E-state index contributed by atoms with van der Waals surface area (Å²) in [7, 11) is 1.88. The minimum absolute atomic E-state index is 0.239. The maximum absolute atomic E-state index is 12.6. The summed E-state index contributed by atoms with van der Waals surface area (Å²) in [6, 6.07) is 1.89. The van der Waals surface area contributed by atoms with E-state index in [-0.39, 0.29) is 5.91 Å². The predicted molar refractivity (Wildman–Crippen MR) is 83.4 cm³/mol. The van der Waals surface area contributed by atoms with Crippen molar-refractivity contribution < 1.29 is 18.0 Å². The van der Waals surface area contributed by atoms with Gasteiger partial charge in [0.25, 0.3) is 0 Å². The Morgan fingerprint density at radius 1 is 1.38 bits per heavy atom. The van der Waals surface area contributed by atoms with Crippen molar-refractivity contribution in [3.05, 3.63) is 41.0 Å². The molecule has 0 aliphatic heterocycles. The van der Waals surface area contributed by atoms with Crippen molar-refractivity contribution in [2.24, 2.45) is 7.05 Å². The van der Waals surface area contributed by atoms with Crippen molar-refractivity contribution >= 4 is 5.91 Å². The Balaban J connectivity index is 2.10. The van der Waals surface area contributed by atoms with Crippen LogP contribution in [0.2, 0.25) is 0 Å². The van der Waals surface area contributed by atoms with Crippen molar-refractivity contribution in [2.75, 3.05) is 0 Å². The number of aromatic nitrogens is 3. The van der Waals surface area contributed by atoms with Gasteiger partial charge in [-0.15, -0.1) is 0 Å². The predicted octanol–water partition coefficient (Wildman–Crippen LogP) is 2.82. The number of amides is 1. The van der Waals surface area contributed by atoms with Crippen LogP contribution in [0, 0.1) is 13.8 Å². The van der Waals surface area contributed by atoms with Crippen molar-refractivity contribution in [2.45, 2.75) is 46.0 Å². The topological polar surface area (TPSA) is 51.9 Å². The lowest BCUT2D eigenvalue weighted by atomic mass is 9.98. The van der Waals surface area contributed by atoms with Crippen LogP contribution in [0.1, 0.15) is 35.4 Å². The molecule has 132 valence electrons. The molecule has 2 aromatic heterocycles. The quantitative estimate of drug-likeness (QED) is 0.908. The van der Waals surface area contributed by atoms with E-state index in [0.717, 1.165) is 10.2 Å². The molecule has 8 heteroatoms. The molecule has 0 saturated heterocycles. The summed E-state index contributed by atoms with van der Waals surface area (Å²) in [5, 5.41) is 6.74. The minimum atomic E-state index is -4.35. The molecule has 24 heavy (non-hydrogen) atoms. The second-order valence-electron chi connectivity index (χ2n) is 5.98. The molecule has 0 saturated carbocycles. The molecule has 1 atom stereocenters. The Bertz CT molecular complexity index is 730. The summed E-state index contributed by atoms with van der Waals surface area (Å²) < 4.78 is 40.6. The molecule has 5 nitrogen and oxygen atoms in total. The third-order valence-corrected chi connectivity index (χ3v) is 3.95. The Hall–Kier alpha value is -2.25. The third-order valence-electron chi connectivity index (χ3n) is 3.95. The van der Waals surface area contributed by atoms with Crippen LogP contribution < -0.4 is 5.32 Å². The summed E-state index contributed by atoms with van der Waals surface area (Å²) in [5.74, 6) is -0.813. The molecule has 2 rings (SSSR count). The Labute approximate surface area is 138 Å². The number of halogens is 3. The Morgan fingerprint density at radius 3 is 2.58 bits per heavy atom. The molecule has 0 unspecified atom stereocenters. The highest BCUT2D eigenvalue weighted by molar-refractivity contribution is 5.83.